The smallest absolute Gasteiger partial charge is 0.417 e. The SMILES string of the molecule is CO[C@@H](C)COc1nc(N2C[C@@H]3C[C@H]2CN3)c2cc(C(F)(F)F)c(-c3c(C)c(F)cc(N)c3C=N)c(OCc3ccc(-c4cn([C@H](C(=O)N5CCC[C@H]5C(=O)N[C@@H](CO)c5ccc(-c6nccnc6C)cc5)C(C)C)nn4)cc3)c2n1. The first-order valence-electron chi connectivity index (χ1n) is 26.8. The number of carbonyl (C=O) groups excluding carboxylic acids is 2. The number of rotatable bonds is 19. The van der Waals surface area contributed by atoms with Crippen LogP contribution in [0.3, 0.4) is 0 Å². The normalized spacial score (nSPS) is 18.1. The molecule has 424 valence electrons. The predicted octanol–water partition coefficient (Wildman–Crippen LogP) is 7.95. The first-order valence-corrected chi connectivity index (χ1v) is 26.8. The zero-order valence-electron chi connectivity index (χ0n) is 45.6. The number of aromatic nitrogens is 7. The Labute approximate surface area is 464 Å². The standard InChI is InChI=1S/C58H63F4N13O6/c1-30(2)52(56(78)73-19-7-8-47(73)55(77)68-46(27-76)36-13-15-37(16-14-36)50-33(5)65-17-18-66-50)75-26-45(71-72-75)35-11-9-34(10-12-35)29-80-53-49(48-32(4)43(59)22-44(64)41(48)23-63)42(58(60,61)62)21-40-51(53)69-57(81-28-31(3)79-6)70-54(40)74-25-38-20-39(74)24-67-38/h9-18,21-23,26,30-31,38-39,46-47,52,63,67,76H,7-8,19-20,24-25,27-29,64H2,1-6H3,(H,68,77)/t31-,38-,39-,46-,47-,52-/m0/s1. The van der Waals surface area contributed by atoms with Crippen LogP contribution in [0.2, 0.25) is 0 Å². The average Bonchev–Trinajstić information content (AvgIpc) is 4.43. The van der Waals surface area contributed by atoms with E-state index in [4.69, 9.17) is 35.3 Å². The molecule has 19 nitrogen and oxygen atoms in total. The van der Waals surface area contributed by atoms with Crippen LogP contribution in [0.5, 0.6) is 11.8 Å². The topological polar surface area (TPSA) is 245 Å². The summed E-state index contributed by atoms with van der Waals surface area (Å²) in [6.07, 6.45) is 2.01. The van der Waals surface area contributed by atoms with E-state index in [9.17, 15) is 14.7 Å². The van der Waals surface area contributed by atoms with Gasteiger partial charge in [-0.1, -0.05) is 67.6 Å². The van der Waals surface area contributed by atoms with Crippen molar-refractivity contribution in [2.24, 2.45) is 5.92 Å². The van der Waals surface area contributed by atoms with Crippen LogP contribution in [0.15, 0.2) is 79.3 Å². The number of carbonyl (C=O) groups is 2. The van der Waals surface area contributed by atoms with E-state index >= 15 is 17.6 Å². The van der Waals surface area contributed by atoms with Crippen molar-refractivity contribution < 1.29 is 46.5 Å². The van der Waals surface area contributed by atoms with Gasteiger partial charge in [0.25, 0.3) is 0 Å². The van der Waals surface area contributed by atoms with Gasteiger partial charge in [-0.25, -0.2) is 9.07 Å². The maximum Gasteiger partial charge on any atom is 0.417 e. The lowest BCUT2D eigenvalue weighted by Crippen LogP contribution is -2.50. The minimum atomic E-state index is -5.04. The van der Waals surface area contributed by atoms with Gasteiger partial charge in [-0.15, -0.1) is 5.10 Å². The summed E-state index contributed by atoms with van der Waals surface area (Å²) >= 11 is 0. The van der Waals surface area contributed by atoms with E-state index < -0.39 is 53.3 Å². The van der Waals surface area contributed by atoms with Crippen LogP contribution in [0.1, 0.15) is 85.6 Å². The third-order valence-electron chi connectivity index (χ3n) is 15.5. The van der Waals surface area contributed by atoms with E-state index in [0.29, 0.717) is 54.9 Å². The van der Waals surface area contributed by atoms with Crippen LogP contribution in [0.4, 0.5) is 29.1 Å². The summed E-state index contributed by atoms with van der Waals surface area (Å²) in [5, 5.41) is 34.0. The Kier molecular flexibility index (Phi) is 16.0. The van der Waals surface area contributed by atoms with Gasteiger partial charge in [0, 0.05) is 96.3 Å². The van der Waals surface area contributed by atoms with Crippen LogP contribution in [0.25, 0.3) is 44.5 Å². The van der Waals surface area contributed by atoms with Crippen molar-refractivity contribution in [3.05, 3.63) is 119 Å². The fourth-order valence-electron chi connectivity index (χ4n) is 11.2. The largest absolute Gasteiger partial charge is 0.486 e. The number of aryl methyl sites for hydroxylation is 1. The molecule has 0 aliphatic carbocycles. The molecule has 2 amide bonds. The molecule has 81 heavy (non-hydrogen) atoms. The number of amides is 2. The molecule has 7 aromatic rings. The second-order valence-electron chi connectivity index (χ2n) is 21.2. The number of methoxy groups -OCH3 is 1. The molecule has 10 rings (SSSR count). The predicted molar refractivity (Wildman–Crippen MR) is 295 cm³/mol. The monoisotopic (exact) mass is 1110 g/mol. The zero-order valence-corrected chi connectivity index (χ0v) is 45.6. The molecular weight excluding hydrogens is 1050 g/mol. The van der Waals surface area contributed by atoms with Crippen LogP contribution in [0, 0.1) is 31.0 Å². The molecule has 6 heterocycles. The summed E-state index contributed by atoms with van der Waals surface area (Å²) in [4.78, 5) is 50.2. The highest BCUT2D eigenvalue weighted by Gasteiger charge is 2.44. The van der Waals surface area contributed by atoms with Crippen molar-refractivity contribution in [1.29, 1.82) is 5.41 Å². The lowest BCUT2D eigenvalue weighted by Gasteiger charge is -2.30. The Bertz CT molecular complexity index is 3490. The van der Waals surface area contributed by atoms with Gasteiger partial charge < -0.3 is 50.9 Å². The molecule has 3 aromatic heterocycles. The number of likely N-dealkylation sites (tertiary alicyclic amines) is 1. The Morgan fingerprint density at radius 3 is 2.40 bits per heavy atom. The van der Waals surface area contributed by atoms with Crippen molar-refractivity contribution >= 4 is 40.4 Å². The molecule has 4 aromatic carbocycles. The van der Waals surface area contributed by atoms with Gasteiger partial charge >= 0.3 is 12.2 Å². The minimum Gasteiger partial charge on any atom is -0.486 e. The second kappa shape index (κ2) is 23.1. The van der Waals surface area contributed by atoms with Gasteiger partial charge in [0.2, 0.25) is 11.8 Å². The highest BCUT2D eigenvalue weighted by Crippen LogP contribution is 2.51. The number of anilines is 2. The number of alkyl halides is 3. The van der Waals surface area contributed by atoms with E-state index in [1.165, 1.54) is 18.7 Å². The number of fused-ring (bicyclic) bond motifs is 3. The molecule has 3 aliphatic rings. The average molecular weight is 1110 g/mol. The van der Waals surface area contributed by atoms with Crippen molar-refractivity contribution in [1.82, 2.24) is 50.5 Å². The first-order chi connectivity index (χ1) is 38.9. The molecular formula is C58H63F4N13O6. The van der Waals surface area contributed by atoms with Gasteiger partial charge in [-0.2, -0.15) is 23.1 Å². The maximum atomic E-state index is 15.8. The van der Waals surface area contributed by atoms with E-state index in [-0.39, 0.29) is 94.6 Å². The quantitative estimate of drug-likeness (QED) is 0.0293. The van der Waals surface area contributed by atoms with E-state index in [1.54, 1.807) is 54.7 Å². The van der Waals surface area contributed by atoms with Crippen molar-refractivity contribution in [2.45, 2.75) is 103 Å². The number of nitrogens with zero attached hydrogens (tertiary/aromatic N) is 9. The van der Waals surface area contributed by atoms with Crippen LogP contribution in [-0.2, 0) is 27.1 Å². The third-order valence-corrected chi connectivity index (χ3v) is 15.5. The highest BCUT2D eigenvalue weighted by atomic mass is 19.4. The number of aliphatic hydroxyl groups is 1. The lowest BCUT2D eigenvalue weighted by atomic mass is 9.88. The number of ether oxygens (including phenoxy) is 3. The number of nitrogen functional groups attached to an aromatic ring is 1. The van der Waals surface area contributed by atoms with E-state index in [0.717, 1.165) is 41.7 Å². The summed E-state index contributed by atoms with van der Waals surface area (Å²) in [6, 6.07) is 13.7. The molecule has 3 fully saturated rings. The first kappa shape index (κ1) is 56.1. The van der Waals surface area contributed by atoms with Crippen LogP contribution in [-0.4, -0.2) is 127 Å². The summed E-state index contributed by atoms with van der Waals surface area (Å²) in [6.45, 7) is 9.45. The van der Waals surface area contributed by atoms with Crippen LogP contribution >= 0.6 is 0 Å². The van der Waals surface area contributed by atoms with Crippen molar-refractivity contribution in [3.63, 3.8) is 0 Å². The lowest BCUT2D eigenvalue weighted by molar-refractivity contribution is -0.142. The zero-order chi connectivity index (χ0) is 57.4. The number of nitrogens with two attached hydrogens (primary N) is 1. The van der Waals surface area contributed by atoms with Gasteiger partial charge in [-0.05, 0) is 74.8 Å². The molecule has 0 saturated carbocycles. The van der Waals surface area contributed by atoms with Crippen LogP contribution < -0.4 is 30.7 Å². The molecule has 0 spiro atoms. The number of piperazine rings is 1. The molecule has 23 heteroatoms. The van der Waals surface area contributed by atoms with Crippen molar-refractivity contribution in [3.8, 4) is 45.4 Å². The fourth-order valence-corrected chi connectivity index (χ4v) is 11.2. The van der Waals surface area contributed by atoms with E-state index in [2.05, 4.69) is 30.9 Å². The summed E-state index contributed by atoms with van der Waals surface area (Å²) in [5.41, 5.74) is 8.16. The molecule has 0 radical (unpaired) electrons. The Morgan fingerprint density at radius 1 is 1.00 bits per heavy atom. The molecule has 3 saturated heterocycles. The second-order valence-corrected chi connectivity index (χ2v) is 21.2. The highest BCUT2D eigenvalue weighted by molar-refractivity contribution is 6.05. The number of nitrogens with one attached hydrogen (secondary N) is 3. The number of aliphatic hydroxyl groups excluding tert-OH is 1. The molecule has 2 bridgehead atoms. The molecule has 0 unspecified atom stereocenters. The van der Waals surface area contributed by atoms with Gasteiger partial charge in [0.1, 0.15) is 48.1 Å². The molecule has 6 atom stereocenters. The minimum absolute atomic E-state index is 0.0129. The fraction of sp³-hybridized carbons (Fsp3) is 0.397. The van der Waals surface area contributed by atoms with Gasteiger partial charge in [0.05, 0.1) is 41.9 Å². The Hall–Kier alpha value is -8.15. The van der Waals surface area contributed by atoms with Gasteiger partial charge in [0.15, 0.2) is 5.75 Å². The summed E-state index contributed by atoms with van der Waals surface area (Å²) in [5.74, 6) is -2.01. The number of hydrogen-bond acceptors (Lipinski definition) is 16. The van der Waals surface area contributed by atoms with Gasteiger partial charge in [-0.3, -0.25) is 19.6 Å². The molecule has 6 N–H and O–H groups in total. The third kappa shape index (κ3) is 11.2. The molecule has 3 aliphatic heterocycles. The Morgan fingerprint density at radius 2 is 1.74 bits per heavy atom. The number of benzene rings is 4. The number of hydrogen-bond donors (Lipinski definition) is 5. The summed E-state index contributed by atoms with van der Waals surface area (Å²) in [7, 11) is 1.51. The van der Waals surface area contributed by atoms with Crippen molar-refractivity contribution in [2.75, 3.05) is 50.6 Å². The maximum absolute atomic E-state index is 15.8. The van der Waals surface area contributed by atoms with E-state index in [1.807, 2.05) is 49.9 Å². The number of halogens is 4. The Balaban J connectivity index is 0.931. The summed E-state index contributed by atoms with van der Waals surface area (Å²) < 4.78 is 82.7.